The molecule has 2 N–H and O–H groups in total. The molecule has 27 heavy (non-hydrogen) atoms. The average molecular weight is 391 g/mol. The summed E-state index contributed by atoms with van der Waals surface area (Å²) in [6.07, 6.45) is 0. The monoisotopic (exact) mass is 390 g/mol. The zero-order valence-electron chi connectivity index (χ0n) is 14.0. The molecule has 2 amide bonds. The van der Waals surface area contributed by atoms with Gasteiger partial charge in [0.15, 0.2) is 18.1 Å². The maximum atomic E-state index is 11.9. The van der Waals surface area contributed by atoms with E-state index in [-0.39, 0.29) is 13.3 Å². The van der Waals surface area contributed by atoms with E-state index in [0.29, 0.717) is 27.8 Å². The minimum atomic E-state index is -0.738. The van der Waals surface area contributed by atoms with Crippen LogP contribution < -0.4 is 20.1 Å². The van der Waals surface area contributed by atoms with Crippen molar-refractivity contribution in [1.82, 2.24) is 5.32 Å². The maximum Gasteiger partial charge on any atom is 0.325 e. The van der Waals surface area contributed by atoms with Gasteiger partial charge in [-0.2, -0.15) is 0 Å². The molecule has 1 aliphatic heterocycles. The van der Waals surface area contributed by atoms with Crippen LogP contribution in [0.5, 0.6) is 11.5 Å². The van der Waals surface area contributed by atoms with Crippen LogP contribution in [0.15, 0.2) is 42.5 Å². The Morgan fingerprint density at radius 1 is 1.04 bits per heavy atom. The summed E-state index contributed by atoms with van der Waals surface area (Å²) in [6.45, 7) is -0.713. The van der Waals surface area contributed by atoms with Crippen molar-refractivity contribution in [2.75, 3.05) is 25.3 Å². The molecule has 0 spiro atoms. The van der Waals surface area contributed by atoms with Crippen LogP contribution in [0.1, 0.15) is 10.4 Å². The molecular weight excluding hydrogens is 376 g/mol. The highest BCUT2D eigenvalue weighted by molar-refractivity contribution is 6.30. The first kappa shape index (κ1) is 18.5. The second-order valence-electron chi connectivity index (χ2n) is 5.47. The smallest absolute Gasteiger partial charge is 0.325 e. The number of carbonyl (C=O) groups excluding carboxylic acids is 3. The molecule has 2 aromatic rings. The van der Waals surface area contributed by atoms with Crippen LogP contribution in [-0.4, -0.2) is 37.7 Å². The Hall–Kier alpha value is -3.26. The lowest BCUT2D eigenvalue weighted by molar-refractivity contribution is -0.146. The fourth-order valence-corrected chi connectivity index (χ4v) is 2.35. The summed E-state index contributed by atoms with van der Waals surface area (Å²) in [5.74, 6) is -0.594. The number of hydrogen-bond donors (Lipinski definition) is 2. The summed E-state index contributed by atoms with van der Waals surface area (Å²) in [5.41, 5.74) is 0.837. The second kappa shape index (κ2) is 8.41. The summed E-state index contributed by atoms with van der Waals surface area (Å²) in [7, 11) is 0. The van der Waals surface area contributed by atoms with E-state index in [1.54, 1.807) is 30.3 Å². The Morgan fingerprint density at radius 2 is 1.78 bits per heavy atom. The molecular formula is C18H15ClN2O6. The first-order chi connectivity index (χ1) is 13.0. The number of nitrogens with one attached hydrogen (secondary N) is 2. The van der Waals surface area contributed by atoms with E-state index in [4.69, 9.17) is 25.8 Å². The summed E-state index contributed by atoms with van der Waals surface area (Å²) >= 11 is 5.74. The summed E-state index contributed by atoms with van der Waals surface area (Å²) < 4.78 is 15.2. The number of fused-ring (bicyclic) bond motifs is 1. The standard InChI is InChI=1S/C18H15ClN2O6/c19-12-3-1-11(2-4-12)18(24)20-8-17(23)25-9-16(22)21-13-5-6-14-15(7-13)27-10-26-14/h1-7H,8-10H2,(H,20,24)(H,21,22). The fraction of sp³-hybridized carbons (Fsp3) is 0.167. The Labute approximate surface area is 159 Å². The molecule has 8 nitrogen and oxygen atoms in total. The number of halogens is 1. The zero-order valence-corrected chi connectivity index (χ0v) is 14.7. The van der Waals surface area contributed by atoms with Gasteiger partial charge in [0.2, 0.25) is 6.79 Å². The predicted octanol–water partition coefficient (Wildman–Crippen LogP) is 1.98. The number of carbonyl (C=O) groups is 3. The van der Waals surface area contributed by atoms with Crippen LogP contribution >= 0.6 is 11.6 Å². The average Bonchev–Trinajstić information content (AvgIpc) is 3.13. The van der Waals surface area contributed by atoms with Crippen molar-refractivity contribution >= 4 is 35.1 Å². The SMILES string of the molecule is O=C(COC(=O)CNC(=O)c1ccc(Cl)cc1)Nc1ccc2c(c1)OCO2. The van der Waals surface area contributed by atoms with Crippen molar-refractivity contribution in [2.24, 2.45) is 0 Å². The van der Waals surface area contributed by atoms with Crippen LogP contribution in [0.4, 0.5) is 5.69 Å². The Kier molecular flexibility index (Phi) is 5.77. The molecule has 1 aliphatic rings. The third kappa shape index (κ3) is 5.11. The normalized spacial score (nSPS) is 11.6. The highest BCUT2D eigenvalue weighted by Gasteiger charge is 2.15. The number of benzene rings is 2. The summed E-state index contributed by atoms with van der Waals surface area (Å²) in [5, 5.41) is 5.47. The number of rotatable bonds is 6. The van der Waals surface area contributed by atoms with E-state index >= 15 is 0 Å². The van der Waals surface area contributed by atoms with E-state index in [9.17, 15) is 14.4 Å². The number of ether oxygens (including phenoxy) is 3. The number of anilines is 1. The molecule has 3 rings (SSSR count). The van der Waals surface area contributed by atoms with Crippen molar-refractivity contribution in [3.63, 3.8) is 0 Å². The van der Waals surface area contributed by atoms with Crippen molar-refractivity contribution in [2.45, 2.75) is 0 Å². The molecule has 0 radical (unpaired) electrons. The van der Waals surface area contributed by atoms with E-state index < -0.39 is 24.4 Å². The van der Waals surface area contributed by atoms with Gasteiger partial charge in [0.25, 0.3) is 11.8 Å². The molecule has 0 unspecified atom stereocenters. The molecule has 0 aromatic heterocycles. The summed E-state index contributed by atoms with van der Waals surface area (Å²) in [6, 6.07) is 11.1. The van der Waals surface area contributed by atoms with Gasteiger partial charge in [-0.05, 0) is 36.4 Å². The van der Waals surface area contributed by atoms with Crippen LogP contribution in [0.2, 0.25) is 5.02 Å². The van der Waals surface area contributed by atoms with Crippen LogP contribution in [0.25, 0.3) is 0 Å². The molecule has 0 bridgehead atoms. The van der Waals surface area contributed by atoms with Gasteiger partial charge in [0, 0.05) is 22.3 Å². The van der Waals surface area contributed by atoms with E-state index in [2.05, 4.69) is 10.6 Å². The van der Waals surface area contributed by atoms with Crippen LogP contribution in [0, 0.1) is 0 Å². The van der Waals surface area contributed by atoms with Gasteiger partial charge in [0.05, 0.1) is 0 Å². The largest absolute Gasteiger partial charge is 0.454 e. The highest BCUT2D eigenvalue weighted by atomic mass is 35.5. The lowest BCUT2D eigenvalue weighted by Crippen LogP contribution is -2.32. The first-order valence-corrected chi connectivity index (χ1v) is 8.28. The molecule has 0 saturated heterocycles. The van der Waals surface area contributed by atoms with Crippen molar-refractivity contribution in [1.29, 1.82) is 0 Å². The molecule has 9 heteroatoms. The molecule has 2 aromatic carbocycles. The molecule has 1 heterocycles. The van der Waals surface area contributed by atoms with Gasteiger partial charge in [-0.25, -0.2) is 0 Å². The van der Waals surface area contributed by atoms with Gasteiger partial charge in [-0.1, -0.05) is 11.6 Å². The lowest BCUT2D eigenvalue weighted by atomic mass is 10.2. The molecule has 140 valence electrons. The van der Waals surface area contributed by atoms with E-state index in [1.165, 1.54) is 12.1 Å². The highest BCUT2D eigenvalue weighted by Crippen LogP contribution is 2.34. The quantitative estimate of drug-likeness (QED) is 0.731. The van der Waals surface area contributed by atoms with Gasteiger partial charge >= 0.3 is 5.97 Å². The molecule has 0 atom stereocenters. The first-order valence-electron chi connectivity index (χ1n) is 7.90. The van der Waals surface area contributed by atoms with E-state index in [0.717, 1.165) is 0 Å². The van der Waals surface area contributed by atoms with E-state index in [1.807, 2.05) is 0 Å². The van der Waals surface area contributed by atoms with Gasteiger partial charge < -0.3 is 24.8 Å². The van der Waals surface area contributed by atoms with Crippen LogP contribution in [-0.2, 0) is 14.3 Å². The third-order valence-electron chi connectivity index (χ3n) is 3.52. The predicted molar refractivity (Wildman–Crippen MR) is 95.9 cm³/mol. The number of esters is 1. The molecule has 0 saturated carbocycles. The molecule has 0 fully saturated rings. The maximum absolute atomic E-state index is 11.9. The third-order valence-corrected chi connectivity index (χ3v) is 3.77. The minimum absolute atomic E-state index is 0.131. The van der Waals surface area contributed by atoms with Gasteiger partial charge in [-0.15, -0.1) is 0 Å². The fourth-order valence-electron chi connectivity index (χ4n) is 2.22. The molecule has 0 aliphatic carbocycles. The number of amides is 2. The summed E-state index contributed by atoms with van der Waals surface area (Å²) in [4.78, 5) is 35.4. The second-order valence-corrected chi connectivity index (χ2v) is 5.90. The van der Waals surface area contributed by atoms with Crippen LogP contribution in [0.3, 0.4) is 0 Å². The van der Waals surface area contributed by atoms with Gasteiger partial charge in [0.1, 0.15) is 6.54 Å². The van der Waals surface area contributed by atoms with Crippen molar-refractivity contribution in [3.8, 4) is 11.5 Å². The Morgan fingerprint density at radius 3 is 2.56 bits per heavy atom. The number of hydrogen-bond acceptors (Lipinski definition) is 6. The Balaban J connectivity index is 1.40. The Bertz CT molecular complexity index is 869. The van der Waals surface area contributed by atoms with Gasteiger partial charge in [-0.3, -0.25) is 14.4 Å². The lowest BCUT2D eigenvalue weighted by Gasteiger charge is -2.08. The zero-order chi connectivity index (χ0) is 19.2. The topological polar surface area (TPSA) is 103 Å². The van der Waals surface area contributed by atoms with Crippen molar-refractivity contribution < 1.29 is 28.6 Å². The minimum Gasteiger partial charge on any atom is -0.454 e. The van der Waals surface area contributed by atoms with Crippen molar-refractivity contribution in [3.05, 3.63) is 53.1 Å².